The molecule has 1 aliphatic rings. The highest BCUT2D eigenvalue weighted by Crippen LogP contribution is 2.42. The van der Waals surface area contributed by atoms with Crippen molar-refractivity contribution in [1.82, 2.24) is 0 Å². The van der Waals surface area contributed by atoms with Gasteiger partial charge in [-0.25, -0.2) is 0 Å². The van der Waals surface area contributed by atoms with Crippen molar-refractivity contribution >= 4 is 11.4 Å². The van der Waals surface area contributed by atoms with Crippen LogP contribution in [0.25, 0.3) is 0 Å². The number of hydrogen-bond acceptors (Lipinski definition) is 5. The fraction of sp³-hybridized carbons (Fsp3) is 0.478. The maximum atomic E-state index is 6.16. The van der Waals surface area contributed by atoms with Gasteiger partial charge in [-0.3, -0.25) is 0 Å². The molecule has 0 saturated carbocycles. The topological polar surface area (TPSA) is 43.0 Å². The second kappa shape index (κ2) is 8.63. The van der Waals surface area contributed by atoms with E-state index < -0.39 is 0 Å². The highest BCUT2D eigenvalue weighted by Gasteiger charge is 2.40. The second-order valence-electron chi connectivity index (χ2n) is 7.90. The predicted molar refractivity (Wildman–Crippen MR) is 115 cm³/mol. The average Bonchev–Trinajstić information content (AvgIpc) is 2.96. The van der Waals surface area contributed by atoms with Crippen LogP contribution in [0.3, 0.4) is 0 Å². The van der Waals surface area contributed by atoms with Crippen LogP contribution >= 0.6 is 0 Å². The lowest BCUT2D eigenvalue weighted by Crippen LogP contribution is -2.53. The van der Waals surface area contributed by atoms with E-state index in [1.165, 1.54) is 5.69 Å². The Morgan fingerprint density at radius 2 is 1.79 bits per heavy atom. The molecule has 0 amide bonds. The second-order valence-corrected chi connectivity index (χ2v) is 7.90. The molecule has 1 unspecified atom stereocenters. The summed E-state index contributed by atoms with van der Waals surface area (Å²) in [6.45, 7) is 10.9. The number of fused-ring (bicyclic) bond motifs is 1. The third-order valence-corrected chi connectivity index (χ3v) is 4.84. The predicted octanol–water partition coefficient (Wildman–Crippen LogP) is 5.17. The van der Waals surface area contributed by atoms with Gasteiger partial charge in [0, 0.05) is 18.7 Å². The molecule has 5 nitrogen and oxygen atoms in total. The van der Waals surface area contributed by atoms with Crippen LogP contribution in [0.1, 0.15) is 34.1 Å². The number of ether oxygens (including phenoxy) is 3. The molecule has 2 aromatic rings. The van der Waals surface area contributed by atoms with Gasteiger partial charge in [0.2, 0.25) is 0 Å². The largest absolute Gasteiger partial charge is 0.497 e. The van der Waals surface area contributed by atoms with Gasteiger partial charge in [-0.2, -0.15) is 0 Å². The van der Waals surface area contributed by atoms with E-state index in [-0.39, 0.29) is 5.66 Å². The number of nitrogens with zero attached hydrogens (tertiary/aromatic N) is 1. The molecule has 0 fully saturated rings. The molecule has 1 N–H and O–H groups in total. The van der Waals surface area contributed by atoms with Gasteiger partial charge >= 0.3 is 0 Å². The standard InChI is InChI=1S/C23H32N2O3/c1-6-12-27-20-10-11-22-21(14-20)24-23(4,25(22)15-17(2)3)16-28-19-9-7-8-18(13-19)26-5/h7-11,13-14,17,24H,6,12,15-16H2,1-5H3. The van der Waals surface area contributed by atoms with Crippen molar-refractivity contribution < 1.29 is 14.2 Å². The summed E-state index contributed by atoms with van der Waals surface area (Å²) in [5.41, 5.74) is 1.93. The summed E-state index contributed by atoms with van der Waals surface area (Å²) in [6.07, 6.45) is 0.996. The third kappa shape index (κ3) is 4.46. The summed E-state index contributed by atoms with van der Waals surface area (Å²) in [6, 6.07) is 14.0. The number of methoxy groups -OCH3 is 1. The molecule has 5 heteroatoms. The summed E-state index contributed by atoms with van der Waals surface area (Å²) < 4.78 is 17.3. The summed E-state index contributed by atoms with van der Waals surface area (Å²) >= 11 is 0. The molecule has 0 aliphatic carbocycles. The molecular formula is C23H32N2O3. The van der Waals surface area contributed by atoms with Crippen molar-refractivity contribution in [3.05, 3.63) is 42.5 Å². The van der Waals surface area contributed by atoms with Crippen LogP contribution in [0.2, 0.25) is 0 Å². The van der Waals surface area contributed by atoms with Gasteiger partial charge in [0.1, 0.15) is 29.5 Å². The van der Waals surface area contributed by atoms with Gasteiger partial charge in [-0.05, 0) is 43.5 Å². The lowest BCUT2D eigenvalue weighted by molar-refractivity contribution is 0.239. The Bertz CT molecular complexity index is 793. The minimum atomic E-state index is -0.348. The zero-order chi connectivity index (χ0) is 20.1. The first kappa shape index (κ1) is 20.2. The van der Waals surface area contributed by atoms with Gasteiger partial charge in [-0.15, -0.1) is 0 Å². The van der Waals surface area contributed by atoms with Crippen LogP contribution in [-0.4, -0.2) is 32.5 Å². The lowest BCUT2D eigenvalue weighted by Gasteiger charge is -2.38. The van der Waals surface area contributed by atoms with Crippen LogP contribution in [-0.2, 0) is 0 Å². The Kier molecular flexibility index (Phi) is 6.22. The molecule has 1 heterocycles. The normalized spacial score (nSPS) is 18.0. The summed E-state index contributed by atoms with van der Waals surface area (Å²) in [7, 11) is 1.66. The van der Waals surface area contributed by atoms with E-state index in [9.17, 15) is 0 Å². The molecule has 3 rings (SSSR count). The van der Waals surface area contributed by atoms with Crippen LogP contribution in [0, 0.1) is 5.92 Å². The van der Waals surface area contributed by atoms with Crippen LogP contribution < -0.4 is 24.4 Å². The summed E-state index contributed by atoms with van der Waals surface area (Å²) in [4.78, 5) is 2.40. The van der Waals surface area contributed by atoms with Gasteiger partial charge in [0.15, 0.2) is 0 Å². The van der Waals surface area contributed by atoms with Gasteiger partial charge in [-0.1, -0.05) is 26.8 Å². The van der Waals surface area contributed by atoms with Crippen molar-refractivity contribution in [1.29, 1.82) is 0 Å². The van der Waals surface area contributed by atoms with Crippen LogP contribution in [0.15, 0.2) is 42.5 Å². The first-order valence-electron chi connectivity index (χ1n) is 10.0. The van der Waals surface area contributed by atoms with Crippen molar-refractivity contribution in [2.45, 2.75) is 39.8 Å². The molecule has 2 aromatic carbocycles. The fourth-order valence-electron chi connectivity index (χ4n) is 3.48. The molecular weight excluding hydrogens is 352 g/mol. The van der Waals surface area contributed by atoms with Crippen molar-refractivity contribution in [2.24, 2.45) is 5.92 Å². The molecule has 0 bridgehead atoms. The SMILES string of the molecule is CCCOc1ccc2c(c1)NC(C)(COc1cccc(OC)c1)N2CC(C)C. The van der Waals surface area contributed by atoms with E-state index in [4.69, 9.17) is 14.2 Å². The first-order chi connectivity index (χ1) is 13.4. The van der Waals surface area contributed by atoms with Crippen molar-refractivity contribution in [3.63, 3.8) is 0 Å². The fourth-order valence-corrected chi connectivity index (χ4v) is 3.48. The minimum absolute atomic E-state index is 0.348. The number of anilines is 2. The molecule has 1 atom stereocenters. The monoisotopic (exact) mass is 384 g/mol. The van der Waals surface area contributed by atoms with E-state index in [0.717, 1.165) is 42.5 Å². The van der Waals surface area contributed by atoms with Crippen LogP contribution in [0.5, 0.6) is 17.2 Å². The molecule has 0 radical (unpaired) electrons. The van der Waals surface area contributed by atoms with Gasteiger partial charge in [0.25, 0.3) is 0 Å². The molecule has 0 aromatic heterocycles. The molecule has 1 aliphatic heterocycles. The molecule has 152 valence electrons. The van der Waals surface area contributed by atoms with Crippen molar-refractivity contribution in [3.8, 4) is 17.2 Å². The Labute approximate surface area is 168 Å². The Morgan fingerprint density at radius 1 is 1.04 bits per heavy atom. The smallest absolute Gasteiger partial charge is 0.143 e. The zero-order valence-corrected chi connectivity index (χ0v) is 17.6. The number of benzene rings is 2. The van der Waals surface area contributed by atoms with Gasteiger partial charge < -0.3 is 24.4 Å². The molecule has 0 spiro atoms. The Morgan fingerprint density at radius 3 is 2.50 bits per heavy atom. The Balaban J connectivity index is 1.80. The highest BCUT2D eigenvalue weighted by molar-refractivity contribution is 5.79. The zero-order valence-electron chi connectivity index (χ0n) is 17.6. The summed E-state index contributed by atoms with van der Waals surface area (Å²) in [5, 5.41) is 3.67. The minimum Gasteiger partial charge on any atom is -0.497 e. The third-order valence-electron chi connectivity index (χ3n) is 4.84. The van der Waals surface area contributed by atoms with Crippen LogP contribution in [0.4, 0.5) is 11.4 Å². The van der Waals surface area contributed by atoms with E-state index >= 15 is 0 Å². The Hall–Kier alpha value is -2.56. The summed E-state index contributed by atoms with van der Waals surface area (Å²) in [5.74, 6) is 3.02. The van der Waals surface area contributed by atoms with E-state index in [2.05, 4.69) is 56.1 Å². The van der Waals surface area contributed by atoms with Crippen molar-refractivity contribution in [2.75, 3.05) is 37.1 Å². The average molecular weight is 385 g/mol. The number of nitrogens with one attached hydrogen (secondary N) is 1. The highest BCUT2D eigenvalue weighted by atomic mass is 16.5. The first-order valence-corrected chi connectivity index (χ1v) is 10.0. The van der Waals surface area contributed by atoms with Gasteiger partial charge in [0.05, 0.1) is 25.1 Å². The molecule has 0 saturated heterocycles. The quantitative estimate of drug-likeness (QED) is 0.646. The maximum Gasteiger partial charge on any atom is 0.143 e. The number of rotatable bonds is 9. The van der Waals surface area contributed by atoms with E-state index in [1.807, 2.05) is 24.3 Å². The molecule has 28 heavy (non-hydrogen) atoms. The number of hydrogen-bond donors (Lipinski definition) is 1. The lowest BCUT2D eigenvalue weighted by atomic mass is 10.1. The van der Waals surface area contributed by atoms with E-state index in [1.54, 1.807) is 7.11 Å². The van der Waals surface area contributed by atoms with E-state index in [0.29, 0.717) is 12.5 Å². The maximum absolute atomic E-state index is 6.16.